The Balaban J connectivity index is 1.11. The molecule has 6 rings (SSSR count). The molecule has 1 heterocycles. The number of hydrogen-bond donors (Lipinski definition) is 2. The number of nitrogens with zero attached hydrogens (tertiary/aromatic N) is 2. The Morgan fingerprint density at radius 1 is 1.06 bits per heavy atom. The molecule has 4 aliphatic rings. The monoisotopic (exact) mass is 434 g/mol. The van der Waals surface area contributed by atoms with Gasteiger partial charge in [0, 0.05) is 36.5 Å². The van der Waals surface area contributed by atoms with Gasteiger partial charge in [-0.15, -0.1) is 0 Å². The first kappa shape index (κ1) is 20.9. The number of ether oxygens (including phenoxy) is 1. The molecule has 4 aliphatic carbocycles. The van der Waals surface area contributed by atoms with Crippen LogP contribution in [0.5, 0.6) is 11.8 Å². The zero-order valence-corrected chi connectivity index (χ0v) is 18.5. The first-order valence-electron chi connectivity index (χ1n) is 11.6. The lowest BCUT2D eigenvalue weighted by molar-refractivity contribution is -0.146. The second-order valence-corrected chi connectivity index (χ2v) is 9.86. The molecular weight excluding hydrogens is 404 g/mol. The lowest BCUT2D eigenvalue weighted by Crippen LogP contribution is -2.53. The zero-order valence-electron chi connectivity index (χ0n) is 18.5. The van der Waals surface area contributed by atoms with E-state index in [2.05, 4.69) is 20.6 Å². The Bertz CT molecular complexity index is 972. The van der Waals surface area contributed by atoms with Crippen LogP contribution in [0.3, 0.4) is 0 Å². The highest BCUT2D eigenvalue weighted by Crippen LogP contribution is 2.60. The minimum atomic E-state index is -0.167. The van der Waals surface area contributed by atoms with E-state index in [1.807, 2.05) is 13.0 Å². The van der Waals surface area contributed by atoms with E-state index < -0.39 is 0 Å². The van der Waals surface area contributed by atoms with Crippen molar-refractivity contribution in [2.45, 2.75) is 51.9 Å². The summed E-state index contributed by atoms with van der Waals surface area (Å²) in [6, 6.07) is 7.41. The summed E-state index contributed by atoms with van der Waals surface area (Å²) in [6.07, 6.45) is 10.6. The summed E-state index contributed by atoms with van der Waals surface area (Å²) in [5, 5.41) is 6.01. The Hall–Kier alpha value is -2.96. The van der Waals surface area contributed by atoms with E-state index in [-0.39, 0.29) is 29.7 Å². The molecular formula is C25H30N4O3. The summed E-state index contributed by atoms with van der Waals surface area (Å²) in [4.78, 5) is 33.6. The summed E-state index contributed by atoms with van der Waals surface area (Å²) >= 11 is 0. The van der Waals surface area contributed by atoms with Crippen molar-refractivity contribution in [3.05, 3.63) is 42.2 Å². The van der Waals surface area contributed by atoms with Gasteiger partial charge in [-0.1, -0.05) is 0 Å². The van der Waals surface area contributed by atoms with Crippen molar-refractivity contribution in [2.75, 3.05) is 11.9 Å². The van der Waals surface area contributed by atoms with Crippen LogP contribution in [0.1, 0.15) is 50.5 Å². The standard InChI is InChI=1S/C25H30N4O3/c1-16-9-20(32-24-27-6-2-7-28-24)3-4-21(16)29-22(30)5-8-26-23(31)25-13-17-10-18(14-25)12-19(11-17)15-25/h2-4,6-7,9,17-19H,5,8,10-15H2,1H3,(H,26,31)(H,29,30). The van der Waals surface area contributed by atoms with E-state index in [0.29, 0.717) is 12.3 Å². The highest BCUT2D eigenvalue weighted by atomic mass is 16.5. The molecule has 168 valence electrons. The van der Waals surface area contributed by atoms with Gasteiger partial charge in [0.25, 0.3) is 0 Å². The van der Waals surface area contributed by atoms with Gasteiger partial charge >= 0.3 is 6.01 Å². The summed E-state index contributed by atoms with van der Waals surface area (Å²) in [7, 11) is 0. The highest BCUT2D eigenvalue weighted by molar-refractivity contribution is 5.92. The van der Waals surface area contributed by atoms with Crippen LogP contribution in [-0.4, -0.2) is 28.3 Å². The van der Waals surface area contributed by atoms with Crippen molar-refractivity contribution >= 4 is 17.5 Å². The van der Waals surface area contributed by atoms with E-state index in [9.17, 15) is 9.59 Å². The van der Waals surface area contributed by atoms with E-state index >= 15 is 0 Å². The average Bonchev–Trinajstić information content (AvgIpc) is 2.75. The largest absolute Gasteiger partial charge is 0.424 e. The quantitative estimate of drug-likeness (QED) is 0.680. The first-order valence-corrected chi connectivity index (χ1v) is 11.6. The third kappa shape index (κ3) is 4.33. The van der Waals surface area contributed by atoms with Crippen molar-refractivity contribution in [3.63, 3.8) is 0 Å². The number of aryl methyl sites for hydroxylation is 1. The molecule has 7 heteroatoms. The van der Waals surface area contributed by atoms with Crippen LogP contribution in [0, 0.1) is 30.1 Å². The average molecular weight is 435 g/mol. The van der Waals surface area contributed by atoms with Gasteiger partial charge in [0.05, 0.1) is 0 Å². The molecule has 2 N–H and O–H groups in total. The summed E-state index contributed by atoms with van der Waals surface area (Å²) < 4.78 is 5.63. The fraction of sp³-hybridized carbons (Fsp3) is 0.520. The molecule has 4 fully saturated rings. The van der Waals surface area contributed by atoms with Crippen molar-refractivity contribution in [1.29, 1.82) is 0 Å². The second kappa shape index (κ2) is 8.52. The van der Waals surface area contributed by atoms with E-state index in [1.54, 1.807) is 30.6 Å². The third-order valence-electron chi connectivity index (χ3n) is 7.38. The molecule has 1 aromatic heterocycles. The number of benzene rings is 1. The van der Waals surface area contributed by atoms with Crippen molar-refractivity contribution in [3.8, 4) is 11.8 Å². The summed E-state index contributed by atoms with van der Waals surface area (Å²) in [5.74, 6) is 2.87. The lowest BCUT2D eigenvalue weighted by atomic mass is 9.49. The Morgan fingerprint density at radius 3 is 2.34 bits per heavy atom. The molecule has 1 aromatic carbocycles. The third-order valence-corrected chi connectivity index (χ3v) is 7.38. The van der Waals surface area contributed by atoms with Crippen LogP contribution < -0.4 is 15.4 Å². The number of carbonyl (C=O) groups excluding carboxylic acids is 2. The number of carbonyl (C=O) groups is 2. The first-order chi connectivity index (χ1) is 15.5. The fourth-order valence-corrected chi connectivity index (χ4v) is 6.36. The Labute approximate surface area is 188 Å². The molecule has 2 amide bonds. The molecule has 0 atom stereocenters. The smallest absolute Gasteiger partial charge is 0.321 e. The highest BCUT2D eigenvalue weighted by Gasteiger charge is 2.54. The predicted octanol–water partition coefficient (Wildman–Crippen LogP) is 4.24. The van der Waals surface area contributed by atoms with Gasteiger partial charge < -0.3 is 15.4 Å². The van der Waals surface area contributed by atoms with E-state index in [0.717, 1.165) is 48.3 Å². The van der Waals surface area contributed by atoms with Gasteiger partial charge in [0.2, 0.25) is 11.8 Å². The maximum Gasteiger partial charge on any atom is 0.321 e. The van der Waals surface area contributed by atoms with Gasteiger partial charge in [-0.2, -0.15) is 0 Å². The van der Waals surface area contributed by atoms with Gasteiger partial charge in [0.1, 0.15) is 5.75 Å². The normalized spacial score (nSPS) is 27.7. The molecule has 4 bridgehead atoms. The lowest BCUT2D eigenvalue weighted by Gasteiger charge is -2.55. The summed E-state index contributed by atoms with van der Waals surface area (Å²) in [5.41, 5.74) is 1.44. The predicted molar refractivity (Wildman–Crippen MR) is 120 cm³/mol. The number of anilines is 1. The molecule has 0 unspecified atom stereocenters. The molecule has 0 spiro atoms. The zero-order chi connectivity index (χ0) is 22.1. The van der Waals surface area contributed by atoms with Crippen LogP contribution in [0.4, 0.5) is 5.69 Å². The van der Waals surface area contributed by atoms with E-state index in [1.165, 1.54) is 19.3 Å². The van der Waals surface area contributed by atoms with Gasteiger partial charge in [-0.3, -0.25) is 9.59 Å². The molecule has 0 saturated heterocycles. The van der Waals surface area contributed by atoms with Crippen molar-refractivity contribution in [2.24, 2.45) is 23.2 Å². The maximum absolute atomic E-state index is 13.0. The Kier molecular flexibility index (Phi) is 5.57. The molecule has 0 radical (unpaired) electrons. The molecule has 32 heavy (non-hydrogen) atoms. The second-order valence-electron chi connectivity index (χ2n) is 9.86. The number of rotatable bonds is 7. The van der Waals surface area contributed by atoms with Crippen molar-refractivity contribution in [1.82, 2.24) is 15.3 Å². The summed E-state index contributed by atoms with van der Waals surface area (Å²) in [6.45, 7) is 2.28. The van der Waals surface area contributed by atoms with Crippen LogP contribution >= 0.6 is 0 Å². The van der Waals surface area contributed by atoms with Gasteiger partial charge in [0.15, 0.2) is 0 Å². The number of aromatic nitrogens is 2. The molecule has 4 saturated carbocycles. The van der Waals surface area contributed by atoms with Gasteiger partial charge in [-0.25, -0.2) is 9.97 Å². The SMILES string of the molecule is Cc1cc(Oc2ncccn2)ccc1NC(=O)CCNC(=O)C12CC3CC(CC(C3)C1)C2. The van der Waals surface area contributed by atoms with Crippen LogP contribution in [0.2, 0.25) is 0 Å². The van der Waals surface area contributed by atoms with Crippen LogP contribution in [0.25, 0.3) is 0 Å². The molecule has 0 aliphatic heterocycles. The van der Waals surface area contributed by atoms with Crippen LogP contribution in [0.15, 0.2) is 36.7 Å². The van der Waals surface area contributed by atoms with Crippen LogP contribution in [-0.2, 0) is 9.59 Å². The topological polar surface area (TPSA) is 93.2 Å². The maximum atomic E-state index is 13.0. The molecule has 7 nitrogen and oxygen atoms in total. The number of amides is 2. The molecule has 2 aromatic rings. The Morgan fingerprint density at radius 2 is 1.72 bits per heavy atom. The number of hydrogen-bond acceptors (Lipinski definition) is 5. The minimum Gasteiger partial charge on any atom is -0.424 e. The number of nitrogens with one attached hydrogen (secondary N) is 2. The van der Waals surface area contributed by atoms with Crippen molar-refractivity contribution < 1.29 is 14.3 Å². The van der Waals surface area contributed by atoms with E-state index in [4.69, 9.17) is 4.74 Å². The minimum absolute atomic E-state index is 0.112. The fourth-order valence-electron chi connectivity index (χ4n) is 6.36. The van der Waals surface area contributed by atoms with Gasteiger partial charge in [-0.05, 0) is 93.0 Å².